The molecule has 0 radical (unpaired) electrons. The first kappa shape index (κ1) is 18.3. The van der Waals surface area contributed by atoms with Gasteiger partial charge in [-0.25, -0.2) is 14.4 Å². The Morgan fingerprint density at radius 3 is 2.69 bits per heavy atom. The Morgan fingerprint density at radius 2 is 1.86 bits per heavy atom. The van der Waals surface area contributed by atoms with Crippen LogP contribution in [0.3, 0.4) is 0 Å². The fourth-order valence-corrected chi connectivity index (χ4v) is 2.81. The number of carbonyl (C=O) groups excluding carboxylic acids is 1. The quantitative estimate of drug-likeness (QED) is 0.482. The van der Waals surface area contributed by atoms with E-state index in [0.717, 1.165) is 0 Å². The summed E-state index contributed by atoms with van der Waals surface area (Å²) in [5, 5.41) is 5.77. The molecule has 0 aliphatic heterocycles. The van der Waals surface area contributed by atoms with Crippen molar-refractivity contribution in [3.05, 3.63) is 84.1 Å². The maximum absolute atomic E-state index is 14.2. The molecule has 0 spiro atoms. The van der Waals surface area contributed by atoms with E-state index in [9.17, 15) is 9.18 Å². The van der Waals surface area contributed by atoms with Gasteiger partial charge in [-0.1, -0.05) is 12.1 Å². The molecule has 4 rings (SSSR count). The van der Waals surface area contributed by atoms with Crippen molar-refractivity contribution in [3.8, 4) is 0 Å². The van der Waals surface area contributed by atoms with Crippen molar-refractivity contribution in [1.82, 2.24) is 15.0 Å². The Labute approximate surface area is 165 Å². The van der Waals surface area contributed by atoms with Gasteiger partial charge in [-0.15, -0.1) is 0 Å². The van der Waals surface area contributed by atoms with Gasteiger partial charge in [-0.2, -0.15) is 0 Å². The van der Waals surface area contributed by atoms with Crippen LogP contribution in [0.5, 0.6) is 0 Å². The molecule has 0 fully saturated rings. The Kier molecular flexibility index (Phi) is 4.98. The van der Waals surface area contributed by atoms with E-state index >= 15 is 0 Å². The predicted octanol–water partition coefficient (Wildman–Crippen LogP) is 3.61. The van der Waals surface area contributed by atoms with E-state index in [0.29, 0.717) is 33.8 Å². The number of nitrogens with zero attached hydrogens (tertiary/aromatic N) is 3. The van der Waals surface area contributed by atoms with Crippen LogP contribution in [0.1, 0.15) is 16.1 Å². The summed E-state index contributed by atoms with van der Waals surface area (Å²) in [5.74, 6) is -0.499. The van der Waals surface area contributed by atoms with Crippen LogP contribution in [-0.2, 0) is 6.54 Å². The van der Waals surface area contributed by atoms with Crippen molar-refractivity contribution in [3.63, 3.8) is 0 Å². The fourth-order valence-electron chi connectivity index (χ4n) is 2.81. The summed E-state index contributed by atoms with van der Waals surface area (Å²) >= 11 is 0. The molecule has 4 aromatic rings. The third-order valence-corrected chi connectivity index (χ3v) is 4.29. The minimum Gasteiger partial charge on any atom is -0.382 e. The van der Waals surface area contributed by atoms with Crippen molar-refractivity contribution in [1.29, 1.82) is 0 Å². The zero-order valence-corrected chi connectivity index (χ0v) is 15.3. The molecular weight excluding hydrogens is 371 g/mol. The van der Waals surface area contributed by atoms with E-state index in [4.69, 9.17) is 5.73 Å². The number of rotatable bonds is 5. The minimum atomic E-state index is -0.426. The zero-order valence-electron chi connectivity index (χ0n) is 15.3. The van der Waals surface area contributed by atoms with Crippen LogP contribution < -0.4 is 16.4 Å². The third kappa shape index (κ3) is 4.11. The lowest BCUT2D eigenvalue weighted by Gasteiger charge is -2.11. The van der Waals surface area contributed by atoms with Gasteiger partial charge in [0.25, 0.3) is 5.91 Å². The molecule has 0 aliphatic carbocycles. The number of nitrogens with one attached hydrogen (secondary N) is 2. The standard InChI is InChI=1S/C21H17FN6O/c22-15-8-7-14(10-13(15)11-25-18-6-3-9-24-20(18)23)27-21(29)19-12-26-16-4-1-2-5-17(16)28-19/h1-10,12,25H,11H2,(H2,23,24)(H,27,29). The summed E-state index contributed by atoms with van der Waals surface area (Å²) in [6.07, 6.45) is 2.99. The third-order valence-electron chi connectivity index (χ3n) is 4.29. The number of anilines is 3. The average Bonchev–Trinajstić information content (AvgIpc) is 2.74. The fraction of sp³-hybridized carbons (Fsp3) is 0.0476. The van der Waals surface area contributed by atoms with Gasteiger partial charge in [-0.05, 0) is 42.5 Å². The average molecular weight is 388 g/mol. The first-order valence-corrected chi connectivity index (χ1v) is 8.86. The molecule has 144 valence electrons. The predicted molar refractivity (Wildman–Crippen MR) is 110 cm³/mol. The molecule has 0 unspecified atom stereocenters. The molecule has 0 bridgehead atoms. The second-order valence-corrected chi connectivity index (χ2v) is 6.29. The van der Waals surface area contributed by atoms with E-state index < -0.39 is 11.7 Å². The molecule has 0 aliphatic rings. The van der Waals surface area contributed by atoms with Crippen LogP contribution in [-0.4, -0.2) is 20.9 Å². The topological polar surface area (TPSA) is 106 Å². The second-order valence-electron chi connectivity index (χ2n) is 6.29. The first-order valence-electron chi connectivity index (χ1n) is 8.86. The van der Waals surface area contributed by atoms with E-state index in [-0.39, 0.29) is 12.2 Å². The molecule has 0 atom stereocenters. The minimum absolute atomic E-state index is 0.177. The SMILES string of the molecule is Nc1ncccc1NCc1cc(NC(=O)c2cnc3ccccc3n2)ccc1F. The smallest absolute Gasteiger partial charge is 0.275 e. The van der Waals surface area contributed by atoms with Crippen LogP contribution in [0.25, 0.3) is 11.0 Å². The number of benzene rings is 2. The van der Waals surface area contributed by atoms with Crippen molar-refractivity contribution in [2.75, 3.05) is 16.4 Å². The van der Waals surface area contributed by atoms with Crippen LogP contribution >= 0.6 is 0 Å². The first-order chi connectivity index (χ1) is 14.1. The number of nitrogen functional groups attached to an aromatic ring is 1. The molecule has 1 amide bonds. The van der Waals surface area contributed by atoms with Crippen LogP contribution in [0.2, 0.25) is 0 Å². The van der Waals surface area contributed by atoms with E-state index in [2.05, 4.69) is 25.6 Å². The van der Waals surface area contributed by atoms with Crippen molar-refractivity contribution in [2.45, 2.75) is 6.54 Å². The highest BCUT2D eigenvalue weighted by atomic mass is 19.1. The lowest BCUT2D eigenvalue weighted by Crippen LogP contribution is -2.15. The molecule has 4 N–H and O–H groups in total. The monoisotopic (exact) mass is 388 g/mol. The van der Waals surface area contributed by atoms with Crippen molar-refractivity contribution >= 4 is 34.1 Å². The van der Waals surface area contributed by atoms with Gasteiger partial charge in [0.05, 0.1) is 22.9 Å². The summed E-state index contributed by atoms with van der Waals surface area (Å²) in [6.45, 7) is 0.182. The van der Waals surface area contributed by atoms with Gasteiger partial charge in [0.15, 0.2) is 0 Å². The van der Waals surface area contributed by atoms with Gasteiger partial charge in [0.2, 0.25) is 0 Å². The maximum atomic E-state index is 14.2. The summed E-state index contributed by atoms with van der Waals surface area (Å²) in [7, 11) is 0. The Hall–Kier alpha value is -4.07. The number of halogens is 1. The summed E-state index contributed by atoms with van der Waals surface area (Å²) in [6, 6.07) is 15.1. The number of fused-ring (bicyclic) bond motifs is 1. The largest absolute Gasteiger partial charge is 0.382 e. The van der Waals surface area contributed by atoms with E-state index in [1.54, 1.807) is 30.5 Å². The lowest BCUT2D eigenvalue weighted by atomic mass is 10.1. The molecule has 2 aromatic heterocycles. The molecule has 0 saturated carbocycles. The van der Waals surface area contributed by atoms with Crippen LogP contribution in [0, 0.1) is 5.82 Å². The molecule has 29 heavy (non-hydrogen) atoms. The van der Waals surface area contributed by atoms with Crippen molar-refractivity contribution in [2.24, 2.45) is 0 Å². The highest BCUT2D eigenvalue weighted by Crippen LogP contribution is 2.19. The Balaban J connectivity index is 1.50. The zero-order chi connectivity index (χ0) is 20.2. The number of para-hydroxylation sites is 2. The van der Waals surface area contributed by atoms with Crippen LogP contribution in [0.4, 0.5) is 21.6 Å². The number of pyridine rings is 1. The number of amides is 1. The maximum Gasteiger partial charge on any atom is 0.275 e. The van der Waals surface area contributed by atoms with Gasteiger partial charge < -0.3 is 16.4 Å². The number of aromatic nitrogens is 3. The molecular formula is C21H17FN6O. The Bertz CT molecular complexity index is 1200. The normalized spacial score (nSPS) is 10.7. The van der Waals surface area contributed by atoms with E-state index in [1.165, 1.54) is 18.3 Å². The molecule has 2 aromatic carbocycles. The Morgan fingerprint density at radius 1 is 1.03 bits per heavy atom. The number of carbonyl (C=O) groups is 1. The number of nitrogens with two attached hydrogens (primary N) is 1. The summed E-state index contributed by atoms with van der Waals surface area (Å²) in [4.78, 5) is 25.1. The molecule has 2 heterocycles. The summed E-state index contributed by atoms with van der Waals surface area (Å²) < 4.78 is 14.2. The van der Waals surface area contributed by atoms with Gasteiger partial charge in [-0.3, -0.25) is 9.78 Å². The van der Waals surface area contributed by atoms with Gasteiger partial charge in [0.1, 0.15) is 17.3 Å². The lowest BCUT2D eigenvalue weighted by molar-refractivity contribution is 0.102. The van der Waals surface area contributed by atoms with E-state index in [1.807, 2.05) is 18.2 Å². The highest BCUT2D eigenvalue weighted by molar-refractivity contribution is 6.03. The molecule has 8 heteroatoms. The van der Waals surface area contributed by atoms with Crippen molar-refractivity contribution < 1.29 is 9.18 Å². The second kappa shape index (κ2) is 7.89. The number of hydrogen-bond donors (Lipinski definition) is 3. The highest BCUT2D eigenvalue weighted by Gasteiger charge is 2.11. The van der Waals surface area contributed by atoms with Gasteiger partial charge >= 0.3 is 0 Å². The molecule has 0 saturated heterocycles. The summed E-state index contributed by atoms with van der Waals surface area (Å²) in [5.41, 5.74) is 8.71. The van der Waals surface area contributed by atoms with Gasteiger partial charge in [0, 0.05) is 24.0 Å². The number of hydrogen-bond acceptors (Lipinski definition) is 6. The molecule has 7 nitrogen and oxygen atoms in total. The van der Waals surface area contributed by atoms with Crippen LogP contribution in [0.15, 0.2) is 67.0 Å².